The first kappa shape index (κ1) is 14.1. The summed E-state index contributed by atoms with van der Waals surface area (Å²) in [6, 6.07) is 0. The Morgan fingerprint density at radius 2 is 1.80 bits per heavy atom. The average Bonchev–Trinajstić information content (AvgIpc) is 1.99. The van der Waals surface area contributed by atoms with Crippen molar-refractivity contribution in [1.82, 2.24) is 0 Å². The molecule has 0 saturated carbocycles. The van der Waals surface area contributed by atoms with E-state index in [2.05, 4.69) is 6.58 Å². The Hall–Kier alpha value is -0.870. The maximum absolute atomic E-state index is 11.2. The molecular formula is C11H18O3S. The molecule has 0 radical (unpaired) electrons. The van der Waals surface area contributed by atoms with Gasteiger partial charge in [-0.3, -0.25) is 4.55 Å². The molecule has 0 aromatic heterocycles. The van der Waals surface area contributed by atoms with E-state index in [1.54, 1.807) is 26.8 Å². The van der Waals surface area contributed by atoms with E-state index in [0.717, 1.165) is 5.57 Å². The smallest absolute Gasteiger partial charge is 0.282 e. The van der Waals surface area contributed by atoms with E-state index < -0.39 is 10.1 Å². The van der Waals surface area contributed by atoms with E-state index in [0.29, 0.717) is 17.6 Å². The highest BCUT2D eigenvalue weighted by Crippen LogP contribution is 2.22. The van der Waals surface area contributed by atoms with Gasteiger partial charge in [0, 0.05) is 0 Å². The van der Waals surface area contributed by atoms with Crippen LogP contribution in [0.5, 0.6) is 0 Å². The fourth-order valence-electron chi connectivity index (χ4n) is 1.36. The Morgan fingerprint density at radius 1 is 1.33 bits per heavy atom. The van der Waals surface area contributed by atoms with Gasteiger partial charge in [-0.05, 0) is 32.8 Å². The lowest BCUT2D eigenvalue weighted by Crippen LogP contribution is -2.06. The molecule has 0 unspecified atom stereocenters. The minimum atomic E-state index is -4.15. The zero-order valence-electron chi connectivity index (χ0n) is 9.66. The van der Waals surface area contributed by atoms with Gasteiger partial charge in [0.15, 0.2) is 0 Å². The van der Waals surface area contributed by atoms with Crippen LogP contribution in [0, 0.1) is 0 Å². The van der Waals surface area contributed by atoms with Crippen molar-refractivity contribution in [2.45, 2.75) is 34.1 Å². The molecule has 3 nitrogen and oxygen atoms in total. The molecule has 0 rings (SSSR count). The summed E-state index contributed by atoms with van der Waals surface area (Å²) in [6.45, 7) is 10.6. The van der Waals surface area contributed by atoms with Gasteiger partial charge in [0.25, 0.3) is 10.1 Å². The first-order valence-electron chi connectivity index (χ1n) is 4.71. The van der Waals surface area contributed by atoms with Gasteiger partial charge >= 0.3 is 0 Å². The van der Waals surface area contributed by atoms with Crippen molar-refractivity contribution >= 4 is 10.1 Å². The molecule has 0 bridgehead atoms. The maximum Gasteiger partial charge on any atom is 0.294 e. The SMILES string of the molecule is C=C(C)/C=C(C)\C(=C(/C)CC)S(=O)(=O)O. The van der Waals surface area contributed by atoms with Gasteiger partial charge in [-0.2, -0.15) is 8.42 Å². The highest BCUT2D eigenvalue weighted by atomic mass is 32.2. The third-order valence-electron chi connectivity index (χ3n) is 2.00. The number of hydrogen-bond acceptors (Lipinski definition) is 2. The molecule has 0 aliphatic heterocycles. The van der Waals surface area contributed by atoms with E-state index in [1.807, 2.05) is 6.92 Å². The van der Waals surface area contributed by atoms with Crippen molar-refractivity contribution in [3.8, 4) is 0 Å². The third kappa shape index (κ3) is 4.44. The van der Waals surface area contributed by atoms with Crippen molar-refractivity contribution in [3.05, 3.63) is 34.3 Å². The van der Waals surface area contributed by atoms with Crippen LogP contribution in [0.15, 0.2) is 34.3 Å². The van der Waals surface area contributed by atoms with Crippen LogP contribution < -0.4 is 0 Å². The summed E-state index contributed by atoms with van der Waals surface area (Å²) in [6.07, 6.45) is 2.22. The van der Waals surface area contributed by atoms with E-state index >= 15 is 0 Å². The Bertz CT molecular complexity index is 411. The summed E-state index contributed by atoms with van der Waals surface area (Å²) >= 11 is 0. The zero-order valence-corrected chi connectivity index (χ0v) is 10.5. The quantitative estimate of drug-likeness (QED) is 0.596. The normalized spacial score (nSPS) is 14.9. The van der Waals surface area contributed by atoms with E-state index in [9.17, 15) is 8.42 Å². The molecule has 15 heavy (non-hydrogen) atoms. The van der Waals surface area contributed by atoms with Crippen LogP contribution in [0.1, 0.15) is 34.1 Å². The molecule has 0 fully saturated rings. The fraction of sp³-hybridized carbons (Fsp3) is 0.455. The monoisotopic (exact) mass is 230 g/mol. The molecule has 4 heteroatoms. The second-order valence-electron chi connectivity index (χ2n) is 3.61. The van der Waals surface area contributed by atoms with Gasteiger partial charge in [0.1, 0.15) is 0 Å². The minimum Gasteiger partial charge on any atom is -0.282 e. The molecule has 0 aromatic rings. The van der Waals surface area contributed by atoms with E-state index in [-0.39, 0.29) is 4.91 Å². The molecule has 0 spiro atoms. The van der Waals surface area contributed by atoms with E-state index in [4.69, 9.17) is 4.55 Å². The number of rotatable bonds is 4. The second kappa shape index (κ2) is 5.28. The summed E-state index contributed by atoms with van der Waals surface area (Å²) in [5, 5.41) is 0. The number of hydrogen-bond donors (Lipinski definition) is 1. The van der Waals surface area contributed by atoms with Gasteiger partial charge in [0.2, 0.25) is 0 Å². The van der Waals surface area contributed by atoms with Crippen molar-refractivity contribution in [3.63, 3.8) is 0 Å². The lowest BCUT2D eigenvalue weighted by Gasteiger charge is -2.08. The Kier molecular flexibility index (Phi) is 4.97. The largest absolute Gasteiger partial charge is 0.294 e. The lowest BCUT2D eigenvalue weighted by atomic mass is 10.1. The van der Waals surface area contributed by atoms with E-state index in [1.165, 1.54) is 0 Å². The Morgan fingerprint density at radius 3 is 2.07 bits per heavy atom. The minimum absolute atomic E-state index is 0.00741. The average molecular weight is 230 g/mol. The van der Waals surface area contributed by atoms with Gasteiger partial charge in [-0.1, -0.05) is 30.7 Å². The first-order valence-corrected chi connectivity index (χ1v) is 6.15. The Labute approximate surface area is 91.9 Å². The molecule has 1 N–H and O–H groups in total. The van der Waals surface area contributed by atoms with Crippen molar-refractivity contribution < 1.29 is 13.0 Å². The summed E-state index contributed by atoms with van der Waals surface area (Å²) in [5.74, 6) is 0. The molecule has 0 aliphatic carbocycles. The first-order chi connectivity index (χ1) is 6.70. The van der Waals surface area contributed by atoms with Crippen LogP contribution in [0.2, 0.25) is 0 Å². The van der Waals surface area contributed by atoms with Crippen LogP contribution in [-0.2, 0) is 10.1 Å². The standard InChI is InChI=1S/C11H18O3S/c1-6-9(4)11(15(12,13)14)10(5)7-8(2)3/h7H,2,6H2,1,3-5H3,(H,12,13,14)/b10-7-,11-9-. The van der Waals surface area contributed by atoms with Crippen LogP contribution in [0.3, 0.4) is 0 Å². The predicted octanol–water partition coefficient (Wildman–Crippen LogP) is 3.08. The topological polar surface area (TPSA) is 54.4 Å². The van der Waals surface area contributed by atoms with Crippen molar-refractivity contribution in [2.75, 3.05) is 0 Å². The van der Waals surface area contributed by atoms with Crippen LogP contribution in [0.25, 0.3) is 0 Å². The molecule has 0 amide bonds. The third-order valence-corrected chi connectivity index (χ3v) is 3.18. The lowest BCUT2D eigenvalue weighted by molar-refractivity contribution is 0.491. The summed E-state index contributed by atoms with van der Waals surface area (Å²) in [7, 11) is -4.15. The van der Waals surface area contributed by atoms with Gasteiger partial charge < -0.3 is 0 Å². The number of allylic oxidation sites excluding steroid dienone is 4. The maximum atomic E-state index is 11.2. The summed E-state index contributed by atoms with van der Waals surface area (Å²) in [5.41, 5.74) is 1.91. The molecule has 0 saturated heterocycles. The summed E-state index contributed by atoms with van der Waals surface area (Å²) in [4.78, 5) is 0.00741. The Balaban J connectivity index is 5.66. The zero-order chi connectivity index (χ0) is 12.2. The second-order valence-corrected chi connectivity index (χ2v) is 4.97. The van der Waals surface area contributed by atoms with Crippen molar-refractivity contribution in [2.24, 2.45) is 0 Å². The van der Waals surface area contributed by atoms with Gasteiger partial charge in [-0.15, -0.1) is 0 Å². The molecule has 86 valence electrons. The molecule has 0 aromatic carbocycles. The summed E-state index contributed by atoms with van der Waals surface area (Å²) < 4.78 is 31.5. The predicted molar refractivity (Wildman–Crippen MR) is 63.1 cm³/mol. The molecular weight excluding hydrogens is 212 g/mol. The van der Waals surface area contributed by atoms with Gasteiger partial charge in [0.05, 0.1) is 4.91 Å². The van der Waals surface area contributed by atoms with Gasteiger partial charge in [-0.25, -0.2) is 0 Å². The highest BCUT2D eigenvalue weighted by molar-refractivity contribution is 7.90. The van der Waals surface area contributed by atoms with Crippen LogP contribution in [0.4, 0.5) is 0 Å². The van der Waals surface area contributed by atoms with Crippen LogP contribution >= 0.6 is 0 Å². The molecule has 0 heterocycles. The fourth-order valence-corrected chi connectivity index (χ4v) is 2.41. The molecule has 0 atom stereocenters. The highest BCUT2D eigenvalue weighted by Gasteiger charge is 2.18. The van der Waals surface area contributed by atoms with Crippen molar-refractivity contribution in [1.29, 1.82) is 0 Å². The molecule has 0 aliphatic rings. The van der Waals surface area contributed by atoms with Crippen LogP contribution in [-0.4, -0.2) is 13.0 Å².